The van der Waals surface area contributed by atoms with Crippen molar-refractivity contribution >= 4 is 17.8 Å². The molecule has 36 heavy (non-hydrogen) atoms. The molecule has 0 saturated carbocycles. The van der Waals surface area contributed by atoms with Gasteiger partial charge in [-0.05, 0) is 84.8 Å². The van der Waals surface area contributed by atoms with Crippen LogP contribution in [0.15, 0.2) is 66.7 Å². The molecule has 0 radical (unpaired) electrons. The predicted molar refractivity (Wildman–Crippen MR) is 136 cm³/mol. The fraction of sp³-hybridized carbons (Fsp3) is 0.276. The van der Waals surface area contributed by atoms with Crippen LogP contribution in [0.25, 0.3) is 0 Å². The van der Waals surface area contributed by atoms with Gasteiger partial charge in [-0.15, -0.1) is 0 Å². The number of fused-ring (bicyclic) bond motifs is 1. The molecule has 4 rings (SSSR count). The van der Waals surface area contributed by atoms with Gasteiger partial charge in [0.1, 0.15) is 5.75 Å². The Morgan fingerprint density at radius 1 is 0.917 bits per heavy atom. The monoisotopic (exact) mass is 486 g/mol. The number of nitrogens with one attached hydrogen (secondary N) is 1. The van der Waals surface area contributed by atoms with Crippen LogP contribution in [-0.4, -0.2) is 34.5 Å². The van der Waals surface area contributed by atoms with Crippen LogP contribution in [0.3, 0.4) is 0 Å². The molecule has 3 aromatic carbocycles. The normalized spacial score (nSPS) is 17.2. The summed E-state index contributed by atoms with van der Waals surface area (Å²) < 4.78 is 5.57. The minimum atomic E-state index is -1.49. The van der Waals surface area contributed by atoms with Crippen LogP contribution >= 0.6 is 0 Å². The van der Waals surface area contributed by atoms with Crippen molar-refractivity contribution in [1.29, 1.82) is 0 Å². The lowest BCUT2D eigenvalue weighted by molar-refractivity contribution is -0.154. The lowest BCUT2D eigenvalue weighted by Gasteiger charge is -2.42. The zero-order valence-corrected chi connectivity index (χ0v) is 20.7. The molecule has 0 bridgehead atoms. The fourth-order valence-corrected chi connectivity index (χ4v) is 4.44. The summed E-state index contributed by atoms with van der Waals surface area (Å²) in [7, 11) is 0. The number of aryl methyl sites for hydroxylation is 2. The number of carboxylic acids is 1. The summed E-state index contributed by atoms with van der Waals surface area (Å²) in [5.74, 6) is -1.59. The van der Waals surface area contributed by atoms with E-state index in [1.54, 1.807) is 49.4 Å². The largest absolute Gasteiger partial charge is 0.480 e. The van der Waals surface area contributed by atoms with Crippen molar-refractivity contribution in [2.24, 2.45) is 0 Å². The van der Waals surface area contributed by atoms with Gasteiger partial charge in [-0.3, -0.25) is 10.2 Å². The summed E-state index contributed by atoms with van der Waals surface area (Å²) in [5, 5.41) is 11.7. The highest BCUT2D eigenvalue weighted by atomic mass is 16.5. The van der Waals surface area contributed by atoms with Gasteiger partial charge in [-0.25, -0.2) is 9.59 Å². The van der Waals surface area contributed by atoms with Crippen molar-refractivity contribution in [3.05, 3.63) is 100 Å². The zero-order chi connectivity index (χ0) is 25.9. The maximum Gasteiger partial charge on any atom is 0.343 e. The molecule has 7 nitrogen and oxygen atoms in total. The molecular weight excluding hydrogens is 456 g/mol. The molecule has 2 N–H and O–H groups in total. The van der Waals surface area contributed by atoms with Crippen molar-refractivity contribution in [3.8, 4) is 5.75 Å². The molecule has 0 saturated heterocycles. The minimum Gasteiger partial charge on any atom is -0.480 e. The Morgan fingerprint density at radius 3 is 2.06 bits per heavy atom. The van der Waals surface area contributed by atoms with Gasteiger partial charge in [-0.1, -0.05) is 44.2 Å². The number of benzene rings is 3. The molecule has 1 aliphatic rings. The Balaban J connectivity index is 1.54. The van der Waals surface area contributed by atoms with Gasteiger partial charge >= 0.3 is 11.9 Å². The molecule has 0 spiro atoms. The molecule has 1 aliphatic heterocycles. The lowest BCUT2D eigenvalue weighted by Crippen LogP contribution is -2.60. The molecule has 3 aromatic rings. The Hall–Kier alpha value is -3.97. The number of ether oxygens (including phenoxy) is 1. The van der Waals surface area contributed by atoms with Crippen LogP contribution < -0.4 is 10.2 Å². The fourth-order valence-electron chi connectivity index (χ4n) is 4.44. The van der Waals surface area contributed by atoms with E-state index in [2.05, 4.69) is 5.43 Å². The third kappa shape index (κ3) is 4.88. The molecule has 1 unspecified atom stereocenters. The number of aliphatic carboxylic acids is 1. The smallest absolute Gasteiger partial charge is 0.343 e. The third-order valence-electron chi connectivity index (χ3n) is 6.83. The Morgan fingerprint density at radius 2 is 1.50 bits per heavy atom. The Bertz CT molecular complexity index is 1280. The topological polar surface area (TPSA) is 95.9 Å². The number of hydrogen-bond acceptors (Lipinski definition) is 5. The van der Waals surface area contributed by atoms with Crippen LogP contribution in [0, 0.1) is 0 Å². The molecule has 0 aromatic heterocycles. The number of carboxylic acid groups (broad SMARTS) is 1. The van der Waals surface area contributed by atoms with E-state index in [4.69, 9.17) is 4.74 Å². The highest BCUT2D eigenvalue weighted by Crippen LogP contribution is 2.36. The van der Waals surface area contributed by atoms with E-state index in [-0.39, 0.29) is 12.5 Å². The lowest BCUT2D eigenvalue weighted by atomic mass is 9.83. The number of hydrogen-bond donors (Lipinski definition) is 2. The number of nitrogens with zero attached hydrogens (tertiary/aromatic N) is 1. The molecule has 7 heteroatoms. The molecule has 186 valence electrons. The first-order chi connectivity index (χ1) is 17.3. The quantitative estimate of drug-likeness (QED) is 0.376. The number of rotatable bonds is 7. The van der Waals surface area contributed by atoms with E-state index >= 15 is 0 Å². The maximum atomic E-state index is 12.9. The van der Waals surface area contributed by atoms with Gasteiger partial charge in [0.05, 0.1) is 5.56 Å². The summed E-state index contributed by atoms with van der Waals surface area (Å²) >= 11 is 0. The SMILES string of the molecule is CCc1ccc(C(=O)NN2CCc3cc(OC(=O)c4ccc(CC)cc4)ccc3C2(C)C(=O)O)cc1. The summed E-state index contributed by atoms with van der Waals surface area (Å²) in [6.07, 6.45) is 2.22. The Kier molecular flexibility index (Phi) is 7.22. The average Bonchev–Trinajstić information content (AvgIpc) is 2.90. The summed E-state index contributed by atoms with van der Waals surface area (Å²) in [5.41, 5.74) is 5.73. The van der Waals surface area contributed by atoms with E-state index in [1.165, 1.54) is 5.01 Å². The minimum absolute atomic E-state index is 0.282. The van der Waals surface area contributed by atoms with Crippen molar-refractivity contribution in [1.82, 2.24) is 10.4 Å². The van der Waals surface area contributed by atoms with Gasteiger partial charge in [0.25, 0.3) is 5.91 Å². The zero-order valence-electron chi connectivity index (χ0n) is 20.7. The number of carbonyl (C=O) groups excluding carboxylic acids is 2. The van der Waals surface area contributed by atoms with Crippen LogP contribution in [0.2, 0.25) is 0 Å². The van der Waals surface area contributed by atoms with E-state index in [0.29, 0.717) is 28.9 Å². The van der Waals surface area contributed by atoms with Gasteiger partial charge in [0, 0.05) is 12.1 Å². The molecular formula is C29H30N2O5. The standard InChI is InChI=1S/C29H30N2O5/c1-4-19-6-10-21(11-7-19)26(32)30-31-17-16-23-18-24(14-15-25(23)29(31,3)28(34)35)36-27(33)22-12-8-20(5-2)9-13-22/h6-15,18H,4-5,16-17H2,1-3H3,(H,30,32)(H,34,35). The molecule has 1 atom stereocenters. The van der Waals surface area contributed by atoms with Crippen LogP contribution in [0.1, 0.15) is 63.7 Å². The number of hydrazine groups is 1. The van der Waals surface area contributed by atoms with E-state index < -0.39 is 17.5 Å². The Labute approximate surface area is 210 Å². The summed E-state index contributed by atoms with van der Waals surface area (Å²) in [4.78, 5) is 37.9. The van der Waals surface area contributed by atoms with E-state index in [9.17, 15) is 19.5 Å². The summed E-state index contributed by atoms with van der Waals surface area (Å²) in [6.45, 7) is 5.93. The molecule has 1 heterocycles. The first-order valence-corrected chi connectivity index (χ1v) is 12.1. The van der Waals surface area contributed by atoms with Gasteiger partial charge < -0.3 is 9.84 Å². The third-order valence-corrected chi connectivity index (χ3v) is 6.83. The second-order valence-corrected chi connectivity index (χ2v) is 9.03. The van der Waals surface area contributed by atoms with E-state index in [0.717, 1.165) is 29.5 Å². The average molecular weight is 487 g/mol. The van der Waals surface area contributed by atoms with Crippen molar-refractivity contribution in [3.63, 3.8) is 0 Å². The van der Waals surface area contributed by atoms with Crippen LogP contribution in [0.4, 0.5) is 0 Å². The van der Waals surface area contributed by atoms with Gasteiger partial charge in [0.15, 0.2) is 5.54 Å². The molecule has 1 amide bonds. The van der Waals surface area contributed by atoms with Crippen molar-refractivity contribution in [2.75, 3.05) is 6.54 Å². The highest BCUT2D eigenvalue weighted by Gasteiger charge is 2.46. The second-order valence-electron chi connectivity index (χ2n) is 9.03. The first-order valence-electron chi connectivity index (χ1n) is 12.1. The number of esters is 1. The number of carbonyl (C=O) groups is 3. The van der Waals surface area contributed by atoms with Crippen molar-refractivity contribution < 1.29 is 24.2 Å². The second kappa shape index (κ2) is 10.3. The predicted octanol–water partition coefficient (Wildman–Crippen LogP) is 4.53. The molecule has 0 fully saturated rings. The van der Waals surface area contributed by atoms with Gasteiger partial charge in [0.2, 0.25) is 0 Å². The first kappa shape index (κ1) is 25.1. The van der Waals surface area contributed by atoms with Gasteiger partial charge in [-0.2, -0.15) is 5.01 Å². The molecule has 0 aliphatic carbocycles. The van der Waals surface area contributed by atoms with Crippen LogP contribution in [-0.2, 0) is 29.6 Å². The maximum absolute atomic E-state index is 12.9. The van der Waals surface area contributed by atoms with Crippen molar-refractivity contribution in [2.45, 2.75) is 45.6 Å². The highest BCUT2D eigenvalue weighted by molar-refractivity contribution is 5.94. The number of amides is 1. The summed E-state index contributed by atoms with van der Waals surface area (Å²) in [6, 6.07) is 19.4. The van der Waals surface area contributed by atoms with Crippen LogP contribution in [0.5, 0.6) is 5.75 Å². The van der Waals surface area contributed by atoms with E-state index in [1.807, 2.05) is 38.1 Å².